The van der Waals surface area contributed by atoms with Crippen LogP contribution < -0.4 is 10.2 Å². The molecule has 150 valence electrons. The van der Waals surface area contributed by atoms with Gasteiger partial charge < -0.3 is 15.3 Å². The number of nitrogens with one attached hydrogen (secondary N) is 1. The number of pyridine rings is 1. The molecule has 1 fully saturated rings. The predicted octanol–water partition coefficient (Wildman–Crippen LogP) is 2.74. The normalized spacial score (nSPS) is 17.9. The molecule has 29 heavy (non-hydrogen) atoms. The van der Waals surface area contributed by atoms with E-state index in [2.05, 4.69) is 10.3 Å². The third kappa shape index (κ3) is 3.53. The molecule has 1 aromatic carbocycles. The Morgan fingerprint density at radius 3 is 2.79 bits per heavy atom. The molecule has 0 unspecified atom stereocenters. The molecule has 0 saturated carbocycles. The van der Waals surface area contributed by atoms with Crippen LogP contribution in [0.2, 0.25) is 0 Å². The summed E-state index contributed by atoms with van der Waals surface area (Å²) >= 11 is 0. The second-order valence-electron chi connectivity index (χ2n) is 7.29. The lowest BCUT2D eigenvalue weighted by Gasteiger charge is -2.26. The molecule has 2 aliphatic heterocycles. The minimum absolute atomic E-state index is 0.158. The van der Waals surface area contributed by atoms with Gasteiger partial charge in [-0.3, -0.25) is 14.5 Å². The van der Waals surface area contributed by atoms with Crippen LogP contribution in [-0.2, 0) is 16.0 Å². The molecule has 4 rings (SSSR count). The standard InChI is InChI=1S/C21H22N4O4/c1-13(26)23-19-12-14(7-9-22-19)15-4-2-5-17-16(15)8-11-24(17)20(27)18-6-3-10-25(18)21(28)29/h2,4-5,7,9,12,18H,3,6,8,10-11H2,1H3,(H,28,29)(H,22,23,26)/t18-/m0/s1. The molecule has 1 atom stereocenters. The van der Waals surface area contributed by atoms with E-state index in [1.165, 1.54) is 11.8 Å². The van der Waals surface area contributed by atoms with Gasteiger partial charge in [-0.05, 0) is 54.2 Å². The van der Waals surface area contributed by atoms with Crippen LogP contribution in [0.1, 0.15) is 25.3 Å². The summed E-state index contributed by atoms with van der Waals surface area (Å²) < 4.78 is 0. The number of carbonyl (C=O) groups is 3. The van der Waals surface area contributed by atoms with Gasteiger partial charge in [-0.2, -0.15) is 0 Å². The van der Waals surface area contributed by atoms with Gasteiger partial charge in [0, 0.05) is 31.9 Å². The number of amides is 3. The average Bonchev–Trinajstić information content (AvgIpc) is 3.34. The highest BCUT2D eigenvalue weighted by Crippen LogP contribution is 2.37. The third-order valence-electron chi connectivity index (χ3n) is 5.45. The molecular weight excluding hydrogens is 372 g/mol. The van der Waals surface area contributed by atoms with E-state index >= 15 is 0 Å². The van der Waals surface area contributed by atoms with E-state index in [9.17, 15) is 19.5 Å². The molecule has 0 bridgehead atoms. The summed E-state index contributed by atoms with van der Waals surface area (Å²) in [6.45, 7) is 2.36. The summed E-state index contributed by atoms with van der Waals surface area (Å²) in [7, 11) is 0. The smallest absolute Gasteiger partial charge is 0.407 e. The van der Waals surface area contributed by atoms with Crippen molar-refractivity contribution in [2.45, 2.75) is 32.2 Å². The van der Waals surface area contributed by atoms with E-state index in [1.807, 2.05) is 30.3 Å². The van der Waals surface area contributed by atoms with Gasteiger partial charge in [0.1, 0.15) is 11.9 Å². The van der Waals surface area contributed by atoms with Crippen LogP contribution in [0.15, 0.2) is 36.5 Å². The van der Waals surface area contributed by atoms with Crippen LogP contribution in [-0.4, -0.2) is 52.0 Å². The maximum atomic E-state index is 13.1. The molecule has 0 radical (unpaired) electrons. The van der Waals surface area contributed by atoms with Crippen molar-refractivity contribution in [3.05, 3.63) is 42.1 Å². The van der Waals surface area contributed by atoms with Crippen molar-refractivity contribution in [2.75, 3.05) is 23.3 Å². The fraction of sp³-hybridized carbons (Fsp3) is 0.333. The van der Waals surface area contributed by atoms with Crippen molar-refractivity contribution >= 4 is 29.4 Å². The Balaban J connectivity index is 1.65. The SMILES string of the molecule is CC(=O)Nc1cc(-c2cccc3c2CCN3C(=O)[C@@H]2CCCN2C(=O)O)ccn1. The predicted molar refractivity (Wildman–Crippen MR) is 108 cm³/mol. The minimum Gasteiger partial charge on any atom is -0.465 e. The summed E-state index contributed by atoms with van der Waals surface area (Å²) in [6, 6.07) is 8.84. The minimum atomic E-state index is -1.05. The molecule has 3 heterocycles. The molecule has 1 saturated heterocycles. The lowest BCUT2D eigenvalue weighted by Crippen LogP contribution is -2.47. The van der Waals surface area contributed by atoms with Gasteiger partial charge in [0.15, 0.2) is 0 Å². The number of carbonyl (C=O) groups excluding carboxylic acids is 2. The van der Waals surface area contributed by atoms with Crippen molar-refractivity contribution in [2.24, 2.45) is 0 Å². The Morgan fingerprint density at radius 2 is 2.03 bits per heavy atom. The zero-order valence-corrected chi connectivity index (χ0v) is 16.1. The molecule has 0 aliphatic carbocycles. The van der Waals surface area contributed by atoms with Gasteiger partial charge in [0.2, 0.25) is 11.8 Å². The van der Waals surface area contributed by atoms with Crippen molar-refractivity contribution in [3.8, 4) is 11.1 Å². The highest BCUT2D eigenvalue weighted by atomic mass is 16.4. The highest BCUT2D eigenvalue weighted by Gasteiger charge is 2.39. The number of carboxylic acid groups (broad SMARTS) is 1. The molecule has 3 amide bonds. The zero-order valence-electron chi connectivity index (χ0n) is 16.1. The number of rotatable bonds is 3. The lowest BCUT2D eigenvalue weighted by atomic mass is 9.98. The maximum absolute atomic E-state index is 13.1. The van der Waals surface area contributed by atoms with E-state index in [0.29, 0.717) is 38.2 Å². The fourth-order valence-electron chi connectivity index (χ4n) is 4.21. The molecular formula is C21H22N4O4. The van der Waals surface area contributed by atoms with Crippen molar-refractivity contribution in [1.29, 1.82) is 0 Å². The van der Waals surface area contributed by atoms with Gasteiger partial charge in [-0.1, -0.05) is 12.1 Å². The number of likely N-dealkylation sites (tertiary alicyclic amines) is 1. The first-order chi connectivity index (χ1) is 14.0. The Kier molecular flexibility index (Phi) is 4.92. The first kappa shape index (κ1) is 18.9. The van der Waals surface area contributed by atoms with E-state index in [1.54, 1.807) is 11.1 Å². The molecule has 8 nitrogen and oxygen atoms in total. The number of fused-ring (bicyclic) bond motifs is 1. The molecule has 2 N–H and O–H groups in total. The van der Waals surface area contributed by atoms with Gasteiger partial charge in [0.25, 0.3) is 0 Å². The van der Waals surface area contributed by atoms with Crippen molar-refractivity contribution < 1.29 is 19.5 Å². The van der Waals surface area contributed by atoms with Gasteiger partial charge >= 0.3 is 6.09 Å². The lowest BCUT2D eigenvalue weighted by molar-refractivity contribution is -0.122. The molecule has 0 spiro atoms. The summed E-state index contributed by atoms with van der Waals surface area (Å²) in [5, 5.41) is 12.1. The average molecular weight is 394 g/mol. The van der Waals surface area contributed by atoms with Crippen LogP contribution in [0, 0.1) is 0 Å². The maximum Gasteiger partial charge on any atom is 0.407 e. The number of hydrogen-bond donors (Lipinski definition) is 2. The summed E-state index contributed by atoms with van der Waals surface area (Å²) in [5.74, 6) is 0.125. The van der Waals surface area contributed by atoms with Gasteiger partial charge in [-0.25, -0.2) is 9.78 Å². The Bertz CT molecular complexity index is 990. The highest BCUT2D eigenvalue weighted by molar-refractivity contribution is 6.01. The Morgan fingerprint density at radius 1 is 1.21 bits per heavy atom. The van der Waals surface area contributed by atoms with Crippen LogP contribution in [0.4, 0.5) is 16.3 Å². The van der Waals surface area contributed by atoms with Crippen molar-refractivity contribution in [3.63, 3.8) is 0 Å². The van der Waals surface area contributed by atoms with Crippen LogP contribution in [0.3, 0.4) is 0 Å². The van der Waals surface area contributed by atoms with Crippen LogP contribution >= 0.6 is 0 Å². The van der Waals surface area contributed by atoms with Crippen LogP contribution in [0.5, 0.6) is 0 Å². The zero-order chi connectivity index (χ0) is 20.5. The van der Waals surface area contributed by atoms with Crippen LogP contribution in [0.25, 0.3) is 11.1 Å². The Hall–Kier alpha value is -3.42. The summed E-state index contributed by atoms with van der Waals surface area (Å²) in [4.78, 5) is 43.0. The largest absolute Gasteiger partial charge is 0.465 e. The molecule has 2 aromatic rings. The molecule has 1 aromatic heterocycles. The number of anilines is 2. The molecule has 8 heteroatoms. The molecule has 2 aliphatic rings. The second-order valence-corrected chi connectivity index (χ2v) is 7.29. The van der Waals surface area contributed by atoms with Gasteiger partial charge in [0.05, 0.1) is 0 Å². The first-order valence-electron chi connectivity index (χ1n) is 9.62. The van der Waals surface area contributed by atoms with E-state index in [0.717, 1.165) is 22.4 Å². The fourth-order valence-corrected chi connectivity index (χ4v) is 4.21. The van der Waals surface area contributed by atoms with Gasteiger partial charge in [-0.15, -0.1) is 0 Å². The number of benzene rings is 1. The van der Waals surface area contributed by atoms with E-state index < -0.39 is 12.1 Å². The number of nitrogens with zero attached hydrogens (tertiary/aromatic N) is 3. The quantitative estimate of drug-likeness (QED) is 0.833. The van der Waals surface area contributed by atoms with Crippen molar-refractivity contribution in [1.82, 2.24) is 9.88 Å². The monoisotopic (exact) mass is 394 g/mol. The third-order valence-corrected chi connectivity index (χ3v) is 5.45. The van der Waals surface area contributed by atoms with E-state index in [4.69, 9.17) is 0 Å². The number of hydrogen-bond acceptors (Lipinski definition) is 4. The number of aromatic nitrogens is 1. The topological polar surface area (TPSA) is 103 Å². The summed E-state index contributed by atoms with van der Waals surface area (Å²) in [6.07, 6.45) is 2.54. The first-order valence-corrected chi connectivity index (χ1v) is 9.62. The summed E-state index contributed by atoms with van der Waals surface area (Å²) in [5.41, 5.74) is 3.75. The second kappa shape index (κ2) is 7.54. The Labute approximate surface area is 168 Å². The van der Waals surface area contributed by atoms with E-state index in [-0.39, 0.29) is 11.8 Å².